The number of nitrogens with zero attached hydrogens (tertiary/aromatic N) is 1. The largest absolute Gasteiger partial charge is 0.354 e. The summed E-state index contributed by atoms with van der Waals surface area (Å²) in [5, 5.41) is 6.88. The summed E-state index contributed by atoms with van der Waals surface area (Å²) in [6.07, 6.45) is 2.54. The van der Waals surface area contributed by atoms with Gasteiger partial charge in [-0.05, 0) is 37.8 Å². The zero-order valence-electron chi connectivity index (χ0n) is 12.2. The van der Waals surface area contributed by atoms with Crippen LogP contribution in [-0.2, 0) is 11.2 Å². The van der Waals surface area contributed by atoms with Gasteiger partial charge < -0.3 is 15.6 Å². The Bertz CT molecular complexity index is 412. The molecule has 116 valence electrons. The number of nitrogens with one attached hydrogen (secondary N) is 1. The predicted molar refractivity (Wildman–Crippen MR) is 82.3 cm³/mol. The molecule has 1 aromatic heterocycles. The molecule has 0 spiro atoms. The number of hydrogen-bond acceptors (Lipinski definition) is 4. The minimum absolute atomic E-state index is 0. The van der Waals surface area contributed by atoms with Crippen molar-refractivity contribution < 1.29 is 9.32 Å². The molecule has 0 atom stereocenters. The normalized spacial score (nSPS) is 11.1. The van der Waals surface area contributed by atoms with E-state index in [1.807, 2.05) is 20.8 Å². The van der Waals surface area contributed by atoms with E-state index in [0.717, 1.165) is 24.1 Å². The fraction of sp³-hybridized carbons (Fsp3) is 0.692. The summed E-state index contributed by atoms with van der Waals surface area (Å²) >= 11 is 5.84. The van der Waals surface area contributed by atoms with Crippen molar-refractivity contribution in [2.75, 3.05) is 6.54 Å². The number of hydrogen-bond donors (Lipinski definition) is 2. The molecule has 20 heavy (non-hydrogen) atoms. The maximum Gasteiger partial charge on any atom is 0.229 e. The molecular formula is C13H23Cl2N3O2. The highest BCUT2D eigenvalue weighted by Crippen LogP contribution is 2.20. The molecule has 7 heteroatoms. The number of nitrogens with two attached hydrogens (primary N) is 1. The third-order valence-electron chi connectivity index (χ3n) is 3.58. The maximum atomic E-state index is 11.8. The molecule has 1 heterocycles. The zero-order valence-corrected chi connectivity index (χ0v) is 13.7. The summed E-state index contributed by atoms with van der Waals surface area (Å²) in [6, 6.07) is 0. The molecule has 0 saturated carbocycles. The molecule has 0 bridgehead atoms. The summed E-state index contributed by atoms with van der Waals surface area (Å²) in [4.78, 5) is 11.8. The van der Waals surface area contributed by atoms with Crippen molar-refractivity contribution in [2.24, 2.45) is 5.73 Å². The quantitative estimate of drug-likeness (QED) is 0.808. The van der Waals surface area contributed by atoms with Gasteiger partial charge in [-0.15, -0.1) is 12.4 Å². The molecule has 1 amide bonds. The summed E-state index contributed by atoms with van der Waals surface area (Å²) < 4.78 is 4.84. The highest BCUT2D eigenvalue weighted by molar-refractivity contribution is 6.29. The van der Waals surface area contributed by atoms with E-state index in [1.165, 1.54) is 0 Å². The number of aromatic nitrogens is 1. The van der Waals surface area contributed by atoms with Crippen molar-refractivity contribution in [3.8, 4) is 0 Å². The van der Waals surface area contributed by atoms with Gasteiger partial charge in [-0.2, -0.15) is 0 Å². The van der Waals surface area contributed by atoms with Gasteiger partial charge in [-0.3, -0.25) is 4.79 Å². The maximum absolute atomic E-state index is 11.8. The molecule has 5 nitrogen and oxygen atoms in total. The average molecular weight is 324 g/mol. The molecule has 3 N–H and O–H groups in total. The molecule has 0 fully saturated rings. The van der Waals surface area contributed by atoms with Gasteiger partial charge in [0.05, 0.1) is 5.69 Å². The molecule has 0 aliphatic carbocycles. The summed E-state index contributed by atoms with van der Waals surface area (Å²) in [5.74, 6) is -0.0339. The monoisotopic (exact) mass is 323 g/mol. The van der Waals surface area contributed by atoms with Gasteiger partial charge in [-0.1, -0.05) is 19.0 Å². The molecule has 1 rings (SSSR count). The van der Waals surface area contributed by atoms with Crippen molar-refractivity contribution in [3.05, 3.63) is 16.5 Å². The van der Waals surface area contributed by atoms with E-state index >= 15 is 0 Å². The topological polar surface area (TPSA) is 81.1 Å². The SMILES string of the molecule is CCC(N)(CC)CNC(=O)CCc1c(C)noc1Cl.Cl. The number of halogens is 2. The molecule has 0 aromatic carbocycles. The Hall–Kier alpha value is -0.780. The number of amides is 1. The Labute approximate surface area is 131 Å². The van der Waals surface area contributed by atoms with E-state index in [4.69, 9.17) is 21.9 Å². The van der Waals surface area contributed by atoms with Crippen molar-refractivity contribution in [1.82, 2.24) is 10.5 Å². The van der Waals surface area contributed by atoms with Crippen LogP contribution in [0.4, 0.5) is 0 Å². The lowest BCUT2D eigenvalue weighted by Crippen LogP contribution is -2.49. The van der Waals surface area contributed by atoms with Crippen LogP contribution in [0.1, 0.15) is 44.4 Å². The lowest BCUT2D eigenvalue weighted by Gasteiger charge is -2.26. The van der Waals surface area contributed by atoms with Crippen molar-refractivity contribution in [2.45, 2.75) is 52.0 Å². The predicted octanol–water partition coefficient (Wildman–Crippen LogP) is 2.62. The second-order valence-electron chi connectivity index (χ2n) is 4.87. The first-order valence-corrected chi connectivity index (χ1v) is 6.96. The van der Waals surface area contributed by atoms with Crippen LogP contribution in [0, 0.1) is 6.92 Å². The fourth-order valence-electron chi connectivity index (χ4n) is 1.74. The van der Waals surface area contributed by atoms with Crippen molar-refractivity contribution in [3.63, 3.8) is 0 Å². The Kier molecular flexibility index (Phi) is 8.16. The van der Waals surface area contributed by atoms with Gasteiger partial charge in [0, 0.05) is 24.1 Å². The van der Waals surface area contributed by atoms with E-state index in [-0.39, 0.29) is 29.1 Å². The minimum Gasteiger partial charge on any atom is -0.354 e. The van der Waals surface area contributed by atoms with Gasteiger partial charge in [0.1, 0.15) is 0 Å². The number of carbonyl (C=O) groups excluding carboxylic acids is 1. The minimum atomic E-state index is -0.319. The first-order valence-electron chi connectivity index (χ1n) is 6.58. The molecule has 0 aliphatic rings. The van der Waals surface area contributed by atoms with Gasteiger partial charge in [-0.25, -0.2) is 0 Å². The average Bonchev–Trinajstić information content (AvgIpc) is 2.73. The number of carbonyl (C=O) groups is 1. The summed E-state index contributed by atoms with van der Waals surface area (Å²) in [7, 11) is 0. The third kappa shape index (κ3) is 5.31. The van der Waals surface area contributed by atoms with Gasteiger partial charge in [0.2, 0.25) is 11.1 Å². The molecule has 0 radical (unpaired) electrons. The van der Waals surface area contributed by atoms with Crippen LogP contribution in [-0.4, -0.2) is 23.1 Å². The molecule has 0 aliphatic heterocycles. The van der Waals surface area contributed by atoms with Crippen LogP contribution >= 0.6 is 24.0 Å². The molecule has 0 unspecified atom stereocenters. The second-order valence-corrected chi connectivity index (χ2v) is 5.21. The molecule has 0 saturated heterocycles. The van der Waals surface area contributed by atoms with Crippen molar-refractivity contribution >= 4 is 29.9 Å². The first-order chi connectivity index (χ1) is 8.91. The second kappa shape index (κ2) is 8.49. The van der Waals surface area contributed by atoms with Crippen LogP contribution in [0.25, 0.3) is 0 Å². The van der Waals surface area contributed by atoms with Crippen LogP contribution in [0.3, 0.4) is 0 Å². The van der Waals surface area contributed by atoms with E-state index in [1.54, 1.807) is 0 Å². The smallest absolute Gasteiger partial charge is 0.229 e. The van der Waals surface area contributed by atoms with Crippen molar-refractivity contribution in [1.29, 1.82) is 0 Å². The van der Waals surface area contributed by atoms with Crippen LogP contribution < -0.4 is 11.1 Å². The Balaban J connectivity index is 0.00000361. The lowest BCUT2D eigenvalue weighted by molar-refractivity contribution is -0.121. The van der Waals surface area contributed by atoms with Crippen LogP contribution in [0.15, 0.2) is 4.52 Å². The highest BCUT2D eigenvalue weighted by Gasteiger charge is 2.21. The van der Waals surface area contributed by atoms with Gasteiger partial charge in [0.15, 0.2) is 0 Å². The molecule has 1 aromatic rings. The Morgan fingerprint density at radius 2 is 2.05 bits per heavy atom. The van der Waals surface area contributed by atoms with E-state index in [9.17, 15) is 4.79 Å². The van der Waals surface area contributed by atoms with E-state index < -0.39 is 0 Å². The number of rotatable bonds is 7. The first kappa shape index (κ1) is 19.2. The fourth-order valence-corrected chi connectivity index (χ4v) is 2.01. The van der Waals surface area contributed by atoms with Gasteiger partial charge in [0.25, 0.3) is 0 Å². The van der Waals surface area contributed by atoms with Crippen LogP contribution in [0.2, 0.25) is 5.22 Å². The molecular weight excluding hydrogens is 301 g/mol. The summed E-state index contributed by atoms with van der Waals surface area (Å²) in [6.45, 7) is 6.35. The van der Waals surface area contributed by atoms with Gasteiger partial charge >= 0.3 is 0 Å². The number of aryl methyl sites for hydroxylation is 1. The summed E-state index contributed by atoms with van der Waals surface area (Å²) in [5.41, 5.74) is 7.33. The zero-order chi connectivity index (χ0) is 14.5. The Morgan fingerprint density at radius 1 is 1.45 bits per heavy atom. The standard InChI is InChI=1S/C13H22ClN3O2.ClH/c1-4-13(15,5-2)8-16-11(18)7-6-10-9(3)17-19-12(10)14;/h4-8,15H2,1-3H3,(H,16,18);1H. The van der Waals surface area contributed by atoms with Crippen LogP contribution in [0.5, 0.6) is 0 Å². The highest BCUT2D eigenvalue weighted by atomic mass is 35.5. The van der Waals surface area contributed by atoms with E-state index in [0.29, 0.717) is 19.4 Å². The Morgan fingerprint density at radius 3 is 2.50 bits per heavy atom. The third-order valence-corrected chi connectivity index (χ3v) is 3.88. The lowest BCUT2D eigenvalue weighted by atomic mass is 9.94. The van der Waals surface area contributed by atoms with E-state index in [2.05, 4.69) is 10.5 Å².